The van der Waals surface area contributed by atoms with Crippen molar-refractivity contribution >= 4 is 5.91 Å². The number of nitrogens with one attached hydrogen (secondary N) is 1. The minimum Gasteiger partial charge on any atom is -0.493 e. The second kappa shape index (κ2) is 6.94. The van der Waals surface area contributed by atoms with Gasteiger partial charge in [-0.15, -0.1) is 0 Å². The molecule has 4 unspecified atom stereocenters. The first kappa shape index (κ1) is 16.4. The SMILES string of the molecule is Cc1ccc(C)c(OCCC(=O)NC(C)C2CC3CCC2C3)c1. The number of ether oxygens (including phenoxy) is 1. The van der Waals surface area contributed by atoms with E-state index in [1.807, 2.05) is 13.0 Å². The Morgan fingerprint density at radius 1 is 1.30 bits per heavy atom. The monoisotopic (exact) mass is 315 g/mol. The number of benzene rings is 1. The summed E-state index contributed by atoms with van der Waals surface area (Å²) in [4.78, 5) is 12.2. The van der Waals surface area contributed by atoms with Crippen molar-refractivity contribution in [2.75, 3.05) is 6.61 Å². The van der Waals surface area contributed by atoms with Gasteiger partial charge >= 0.3 is 0 Å². The average molecular weight is 315 g/mol. The van der Waals surface area contributed by atoms with Gasteiger partial charge in [-0.1, -0.05) is 18.6 Å². The molecule has 0 spiro atoms. The summed E-state index contributed by atoms with van der Waals surface area (Å²) in [6.45, 7) is 6.70. The van der Waals surface area contributed by atoms with Crippen LogP contribution in [0.3, 0.4) is 0 Å². The fraction of sp³-hybridized carbons (Fsp3) is 0.650. The molecule has 2 saturated carbocycles. The molecule has 0 radical (unpaired) electrons. The Morgan fingerprint density at radius 3 is 2.83 bits per heavy atom. The van der Waals surface area contributed by atoms with E-state index in [9.17, 15) is 4.79 Å². The topological polar surface area (TPSA) is 38.3 Å². The highest BCUT2D eigenvalue weighted by atomic mass is 16.5. The molecule has 4 atom stereocenters. The van der Waals surface area contributed by atoms with Gasteiger partial charge in [0.2, 0.25) is 5.91 Å². The summed E-state index contributed by atoms with van der Waals surface area (Å²) in [5, 5.41) is 3.20. The van der Waals surface area contributed by atoms with E-state index in [4.69, 9.17) is 4.74 Å². The van der Waals surface area contributed by atoms with Gasteiger partial charge in [0.15, 0.2) is 0 Å². The number of aryl methyl sites for hydroxylation is 2. The summed E-state index contributed by atoms with van der Waals surface area (Å²) in [6.07, 6.45) is 5.90. The van der Waals surface area contributed by atoms with Gasteiger partial charge in [-0.3, -0.25) is 4.79 Å². The second-order valence-corrected chi connectivity index (χ2v) is 7.56. The minimum atomic E-state index is 0.116. The number of carbonyl (C=O) groups excluding carboxylic acids is 1. The van der Waals surface area contributed by atoms with Crippen molar-refractivity contribution in [3.8, 4) is 5.75 Å². The molecule has 0 heterocycles. The van der Waals surface area contributed by atoms with Gasteiger partial charge in [-0.2, -0.15) is 0 Å². The standard InChI is InChI=1S/C20H29NO2/c1-13-4-5-14(2)19(10-13)23-9-8-20(22)21-15(3)18-12-16-6-7-17(18)11-16/h4-5,10,15-18H,6-9,11-12H2,1-3H3,(H,21,22). The van der Waals surface area contributed by atoms with Gasteiger partial charge < -0.3 is 10.1 Å². The van der Waals surface area contributed by atoms with E-state index >= 15 is 0 Å². The van der Waals surface area contributed by atoms with Crippen LogP contribution >= 0.6 is 0 Å². The van der Waals surface area contributed by atoms with Crippen LogP contribution in [-0.2, 0) is 4.79 Å². The minimum absolute atomic E-state index is 0.116. The number of carbonyl (C=O) groups is 1. The van der Waals surface area contributed by atoms with E-state index in [0.29, 0.717) is 25.0 Å². The summed E-state index contributed by atoms with van der Waals surface area (Å²) in [7, 11) is 0. The molecule has 1 amide bonds. The smallest absolute Gasteiger partial charge is 0.223 e. The lowest BCUT2D eigenvalue weighted by Gasteiger charge is -2.28. The fourth-order valence-electron chi connectivity index (χ4n) is 4.46. The Balaban J connectivity index is 1.42. The lowest BCUT2D eigenvalue weighted by Crippen LogP contribution is -2.40. The van der Waals surface area contributed by atoms with Crippen LogP contribution in [0.15, 0.2) is 18.2 Å². The predicted octanol–water partition coefficient (Wildman–Crippen LogP) is 4.01. The molecule has 126 valence electrons. The zero-order valence-electron chi connectivity index (χ0n) is 14.6. The summed E-state index contributed by atoms with van der Waals surface area (Å²) in [6, 6.07) is 6.47. The maximum Gasteiger partial charge on any atom is 0.223 e. The molecule has 2 bridgehead atoms. The molecule has 3 nitrogen and oxygen atoms in total. The van der Waals surface area contributed by atoms with Crippen molar-refractivity contribution in [1.82, 2.24) is 5.32 Å². The highest BCUT2D eigenvalue weighted by molar-refractivity contribution is 5.76. The summed E-state index contributed by atoms with van der Waals surface area (Å²) in [5.41, 5.74) is 2.30. The van der Waals surface area contributed by atoms with Crippen LogP contribution in [-0.4, -0.2) is 18.6 Å². The Bertz CT molecular complexity index is 569. The molecule has 1 aromatic rings. The van der Waals surface area contributed by atoms with Gasteiger partial charge in [-0.25, -0.2) is 0 Å². The van der Waals surface area contributed by atoms with E-state index in [1.165, 1.54) is 31.2 Å². The molecule has 2 aliphatic carbocycles. The van der Waals surface area contributed by atoms with Crippen molar-refractivity contribution in [3.05, 3.63) is 29.3 Å². The van der Waals surface area contributed by atoms with E-state index < -0.39 is 0 Å². The van der Waals surface area contributed by atoms with Crippen LogP contribution in [0, 0.1) is 31.6 Å². The van der Waals surface area contributed by atoms with Crippen molar-refractivity contribution in [2.45, 2.75) is 58.9 Å². The first-order chi connectivity index (χ1) is 11.0. The largest absolute Gasteiger partial charge is 0.493 e. The zero-order chi connectivity index (χ0) is 16.4. The lowest BCUT2D eigenvalue weighted by atomic mass is 9.84. The van der Waals surface area contributed by atoms with E-state index in [-0.39, 0.29) is 5.91 Å². The van der Waals surface area contributed by atoms with Crippen LogP contribution < -0.4 is 10.1 Å². The lowest BCUT2D eigenvalue weighted by molar-refractivity contribution is -0.122. The van der Waals surface area contributed by atoms with Gasteiger partial charge in [0.25, 0.3) is 0 Å². The number of fused-ring (bicyclic) bond motifs is 2. The predicted molar refractivity (Wildman–Crippen MR) is 92.6 cm³/mol. The third-order valence-corrected chi connectivity index (χ3v) is 5.75. The third-order valence-electron chi connectivity index (χ3n) is 5.75. The Hall–Kier alpha value is -1.51. The van der Waals surface area contributed by atoms with Crippen LogP contribution in [0.2, 0.25) is 0 Å². The molecular weight excluding hydrogens is 286 g/mol. The van der Waals surface area contributed by atoms with Gasteiger partial charge in [0.1, 0.15) is 5.75 Å². The van der Waals surface area contributed by atoms with Gasteiger partial charge in [0, 0.05) is 6.04 Å². The number of amides is 1. The number of rotatable bonds is 6. The van der Waals surface area contributed by atoms with E-state index in [1.54, 1.807) is 0 Å². The highest BCUT2D eigenvalue weighted by Crippen LogP contribution is 2.49. The van der Waals surface area contributed by atoms with Crippen molar-refractivity contribution in [1.29, 1.82) is 0 Å². The summed E-state index contributed by atoms with van der Waals surface area (Å²) in [5.74, 6) is 3.47. The van der Waals surface area contributed by atoms with Crippen molar-refractivity contribution < 1.29 is 9.53 Å². The quantitative estimate of drug-likeness (QED) is 0.861. The molecule has 2 fully saturated rings. The zero-order valence-corrected chi connectivity index (χ0v) is 14.6. The van der Waals surface area contributed by atoms with E-state index in [0.717, 1.165) is 23.1 Å². The number of hydrogen-bond donors (Lipinski definition) is 1. The number of hydrogen-bond acceptors (Lipinski definition) is 2. The first-order valence-electron chi connectivity index (χ1n) is 9.02. The summed E-state index contributed by atoms with van der Waals surface area (Å²) < 4.78 is 5.78. The average Bonchev–Trinajstić information content (AvgIpc) is 3.13. The molecule has 1 N–H and O–H groups in total. The molecule has 0 aliphatic heterocycles. The molecular formula is C20H29NO2. The maximum absolute atomic E-state index is 12.2. The first-order valence-corrected chi connectivity index (χ1v) is 9.02. The molecule has 3 rings (SSSR count). The fourth-order valence-corrected chi connectivity index (χ4v) is 4.46. The van der Waals surface area contributed by atoms with Crippen LogP contribution in [0.1, 0.15) is 50.2 Å². The van der Waals surface area contributed by atoms with E-state index in [2.05, 4.69) is 31.3 Å². The Labute approximate surface area is 139 Å². The third kappa shape index (κ3) is 3.88. The van der Waals surface area contributed by atoms with Crippen LogP contribution in [0.25, 0.3) is 0 Å². The van der Waals surface area contributed by atoms with Crippen LogP contribution in [0.5, 0.6) is 5.75 Å². The molecule has 0 saturated heterocycles. The normalized spacial score (nSPS) is 27.0. The molecule has 1 aromatic carbocycles. The summed E-state index contributed by atoms with van der Waals surface area (Å²) >= 11 is 0. The van der Waals surface area contributed by atoms with Crippen molar-refractivity contribution in [3.63, 3.8) is 0 Å². The van der Waals surface area contributed by atoms with Gasteiger partial charge in [0.05, 0.1) is 13.0 Å². The molecule has 0 aromatic heterocycles. The molecule has 23 heavy (non-hydrogen) atoms. The molecule has 2 aliphatic rings. The Morgan fingerprint density at radius 2 is 2.13 bits per heavy atom. The van der Waals surface area contributed by atoms with Crippen molar-refractivity contribution in [2.24, 2.45) is 17.8 Å². The van der Waals surface area contributed by atoms with Gasteiger partial charge in [-0.05, 0) is 75.0 Å². The van der Waals surface area contributed by atoms with Crippen LogP contribution in [0.4, 0.5) is 0 Å². The Kier molecular flexibility index (Phi) is 4.93. The second-order valence-electron chi connectivity index (χ2n) is 7.56. The highest BCUT2D eigenvalue weighted by Gasteiger charge is 2.42. The maximum atomic E-state index is 12.2. The molecule has 3 heteroatoms.